The van der Waals surface area contributed by atoms with Crippen molar-refractivity contribution >= 4 is 29.2 Å². The zero-order valence-corrected chi connectivity index (χ0v) is 15.5. The first-order valence-corrected chi connectivity index (χ1v) is 8.41. The zero-order valence-electron chi connectivity index (χ0n) is 14.7. The summed E-state index contributed by atoms with van der Waals surface area (Å²) in [4.78, 5) is 25.7. The number of para-hydroxylation sites is 1. The van der Waals surface area contributed by atoms with Crippen molar-refractivity contribution in [3.8, 4) is 5.75 Å². The van der Waals surface area contributed by atoms with E-state index in [9.17, 15) is 9.59 Å². The van der Waals surface area contributed by atoms with Gasteiger partial charge in [-0.1, -0.05) is 23.7 Å². The van der Waals surface area contributed by atoms with E-state index >= 15 is 0 Å². The van der Waals surface area contributed by atoms with Gasteiger partial charge in [0.15, 0.2) is 0 Å². The molecule has 0 saturated heterocycles. The average Bonchev–Trinajstić information content (AvgIpc) is 2.63. The molecule has 0 fully saturated rings. The van der Waals surface area contributed by atoms with Crippen LogP contribution >= 0.6 is 11.6 Å². The summed E-state index contributed by atoms with van der Waals surface area (Å²) in [7, 11) is 3.12. The summed E-state index contributed by atoms with van der Waals surface area (Å²) >= 11 is 5.82. The molecule has 0 unspecified atom stereocenters. The van der Waals surface area contributed by atoms with Crippen LogP contribution in [0.1, 0.15) is 10.4 Å². The minimum absolute atomic E-state index is 0.166. The van der Waals surface area contributed by atoms with Crippen LogP contribution in [0.4, 0.5) is 5.69 Å². The molecule has 0 aliphatic carbocycles. The predicted molar refractivity (Wildman–Crippen MR) is 101 cm³/mol. The summed E-state index contributed by atoms with van der Waals surface area (Å²) in [5.74, 6) is 0.000206. The van der Waals surface area contributed by atoms with Crippen LogP contribution in [-0.2, 0) is 9.53 Å². The smallest absolute Gasteiger partial charge is 0.339 e. The number of carbonyl (C=O) groups excluding carboxylic acids is 2. The van der Waals surface area contributed by atoms with Gasteiger partial charge in [-0.3, -0.25) is 9.69 Å². The fourth-order valence-electron chi connectivity index (χ4n) is 2.24. The molecule has 7 heteroatoms. The Morgan fingerprint density at radius 2 is 1.81 bits per heavy atom. The molecule has 2 rings (SSSR count). The summed E-state index contributed by atoms with van der Waals surface area (Å²) in [6, 6.07) is 13.8. The third-order valence-electron chi connectivity index (χ3n) is 3.58. The van der Waals surface area contributed by atoms with E-state index in [0.717, 1.165) is 5.75 Å². The number of hydrogen-bond donors (Lipinski definition) is 1. The Hall–Kier alpha value is -2.57. The molecule has 0 radical (unpaired) electrons. The number of benzene rings is 2. The molecule has 2 aromatic rings. The van der Waals surface area contributed by atoms with Crippen molar-refractivity contribution in [1.29, 1.82) is 0 Å². The molecule has 1 N–H and O–H groups in total. The summed E-state index contributed by atoms with van der Waals surface area (Å²) in [5.41, 5.74) is 0.743. The number of methoxy groups -OCH3 is 1. The molecular weight excluding hydrogens is 356 g/mol. The average molecular weight is 377 g/mol. The lowest BCUT2D eigenvalue weighted by atomic mass is 10.2. The molecule has 0 aromatic heterocycles. The zero-order chi connectivity index (χ0) is 18.9. The van der Waals surface area contributed by atoms with Gasteiger partial charge in [0.05, 0.1) is 24.9 Å². The summed E-state index contributed by atoms with van der Waals surface area (Å²) in [6.45, 7) is 1.17. The first-order chi connectivity index (χ1) is 12.5. The number of rotatable bonds is 8. The van der Waals surface area contributed by atoms with Gasteiger partial charge in [0.1, 0.15) is 12.4 Å². The SMILES string of the molecule is COC(=O)c1ccccc1NC(=O)CN(C)CCOc1ccc(Cl)cc1. The third kappa shape index (κ3) is 6.06. The molecule has 6 nitrogen and oxygen atoms in total. The van der Waals surface area contributed by atoms with Crippen molar-refractivity contribution in [3.63, 3.8) is 0 Å². The Balaban J connectivity index is 1.80. The molecule has 0 heterocycles. The number of amides is 1. The van der Waals surface area contributed by atoms with Gasteiger partial charge in [-0.05, 0) is 43.4 Å². The Bertz CT molecular complexity index is 749. The van der Waals surface area contributed by atoms with Gasteiger partial charge >= 0.3 is 5.97 Å². The normalized spacial score (nSPS) is 10.5. The number of halogens is 1. The van der Waals surface area contributed by atoms with E-state index in [1.54, 1.807) is 48.5 Å². The van der Waals surface area contributed by atoms with Crippen LogP contribution in [-0.4, -0.2) is 50.6 Å². The highest BCUT2D eigenvalue weighted by atomic mass is 35.5. The van der Waals surface area contributed by atoms with Crippen LogP contribution in [0.15, 0.2) is 48.5 Å². The van der Waals surface area contributed by atoms with Gasteiger partial charge in [-0.15, -0.1) is 0 Å². The first-order valence-electron chi connectivity index (χ1n) is 8.03. The maximum Gasteiger partial charge on any atom is 0.339 e. The Labute approximate surface area is 157 Å². The monoisotopic (exact) mass is 376 g/mol. The van der Waals surface area contributed by atoms with Gasteiger partial charge in [0.2, 0.25) is 5.91 Å². The van der Waals surface area contributed by atoms with Gasteiger partial charge in [0, 0.05) is 11.6 Å². The Morgan fingerprint density at radius 1 is 1.12 bits per heavy atom. The number of anilines is 1. The van der Waals surface area contributed by atoms with Crippen molar-refractivity contribution in [3.05, 3.63) is 59.1 Å². The van der Waals surface area contributed by atoms with Crippen molar-refractivity contribution < 1.29 is 19.1 Å². The highest BCUT2D eigenvalue weighted by Gasteiger charge is 2.14. The lowest BCUT2D eigenvalue weighted by molar-refractivity contribution is -0.117. The number of esters is 1. The van der Waals surface area contributed by atoms with Gasteiger partial charge in [-0.25, -0.2) is 4.79 Å². The van der Waals surface area contributed by atoms with Crippen LogP contribution in [0.25, 0.3) is 0 Å². The minimum Gasteiger partial charge on any atom is -0.492 e. The molecule has 26 heavy (non-hydrogen) atoms. The van der Waals surface area contributed by atoms with Crippen molar-refractivity contribution in [2.75, 3.05) is 39.2 Å². The number of ether oxygens (including phenoxy) is 2. The van der Waals surface area contributed by atoms with Gasteiger partial charge in [-0.2, -0.15) is 0 Å². The molecule has 0 aliphatic rings. The Morgan fingerprint density at radius 3 is 2.50 bits per heavy atom. The van der Waals surface area contributed by atoms with E-state index in [1.807, 2.05) is 11.9 Å². The predicted octanol–water partition coefficient (Wildman–Crippen LogP) is 3.08. The van der Waals surface area contributed by atoms with Crippen molar-refractivity contribution in [2.45, 2.75) is 0 Å². The molecule has 0 aliphatic heterocycles. The standard InChI is InChI=1S/C19H21ClN2O4/c1-22(11-12-26-15-9-7-14(20)8-10-15)13-18(23)21-17-6-4-3-5-16(17)19(24)25-2/h3-10H,11-13H2,1-2H3,(H,21,23). The second-order valence-corrected chi connectivity index (χ2v) is 6.06. The number of nitrogens with zero attached hydrogens (tertiary/aromatic N) is 1. The Kier molecular flexibility index (Phi) is 7.44. The topological polar surface area (TPSA) is 67.9 Å². The minimum atomic E-state index is -0.495. The fourth-order valence-corrected chi connectivity index (χ4v) is 2.37. The van der Waals surface area contributed by atoms with E-state index in [0.29, 0.717) is 29.4 Å². The number of hydrogen-bond acceptors (Lipinski definition) is 5. The van der Waals surface area contributed by atoms with Crippen LogP contribution < -0.4 is 10.1 Å². The maximum absolute atomic E-state index is 12.2. The van der Waals surface area contributed by atoms with Crippen LogP contribution in [0.2, 0.25) is 5.02 Å². The first kappa shape index (κ1) is 19.8. The van der Waals surface area contributed by atoms with Gasteiger partial charge < -0.3 is 14.8 Å². The van der Waals surface area contributed by atoms with E-state index in [4.69, 9.17) is 21.1 Å². The molecule has 1 amide bonds. The second-order valence-electron chi connectivity index (χ2n) is 5.63. The van der Waals surface area contributed by atoms with Gasteiger partial charge in [0.25, 0.3) is 0 Å². The molecule has 0 bridgehead atoms. The molecule has 0 atom stereocenters. The molecular formula is C19H21ClN2O4. The second kappa shape index (κ2) is 9.79. The maximum atomic E-state index is 12.2. The largest absolute Gasteiger partial charge is 0.492 e. The summed E-state index contributed by atoms with van der Waals surface area (Å²) in [6.07, 6.45) is 0. The summed E-state index contributed by atoms with van der Waals surface area (Å²) < 4.78 is 10.3. The van der Waals surface area contributed by atoms with E-state index in [2.05, 4.69) is 5.32 Å². The number of likely N-dealkylation sites (N-methyl/N-ethyl adjacent to an activating group) is 1. The summed E-state index contributed by atoms with van der Waals surface area (Å²) in [5, 5.41) is 3.39. The molecule has 0 saturated carbocycles. The number of nitrogens with one attached hydrogen (secondary N) is 1. The third-order valence-corrected chi connectivity index (χ3v) is 3.83. The van der Waals surface area contributed by atoms with Crippen LogP contribution in [0, 0.1) is 0 Å². The van der Waals surface area contributed by atoms with Crippen LogP contribution in [0.3, 0.4) is 0 Å². The van der Waals surface area contributed by atoms with E-state index in [1.165, 1.54) is 7.11 Å². The quantitative estimate of drug-likeness (QED) is 0.717. The highest BCUT2D eigenvalue weighted by molar-refractivity contribution is 6.30. The fraction of sp³-hybridized carbons (Fsp3) is 0.263. The lowest BCUT2D eigenvalue weighted by Gasteiger charge is -2.17. The highest BCUT2D eigenvalue weighted by Crippen LogP contribution is 2.16. The molecule has 0 spiro atoms. The van der Waals surface area contributed by atoms with E-state index in [-0.39, 0.29) is 12.5 Å². The van der Waals surface area contributed by atoms with Crippen LogP contribution in [0.5, 0.6) is 5.75 Å². The van der Waals surface area contributed by atoms with Crippen molar-refractivity contribution in [2.24, 2.45) is 0 Å². The lowest BCUT2D eigenvalue weighted by Crippen LogP contribution is -2.33. The molecule has 138 valence electrons. The number of carbonyl (C=O) groups is 2. The van der Waals surface area contributed by atoms with E-state index < -0.39 is 5.97 Å². The van der Waals surface area contributed by atoms with Crippen molar-refractivity contribution in [1.82, 2.24) is 4.90 Å². The molecule has 2 aromatic carbocycles.